The molecule has 27 heavy (non-hydrogen) atoms. The molecule has 0 saturated carbocycles. The van der Waals surface area contributed by atoms with Crippen molar-refractivity contribution in [3.63, 3.8) is 0 Å². The molecule has 2 N–H and O–H groups in total. The van der Waals surface area contributed by atoms with Crippen LogP contribution >= 0.6 is 0 Å². The van der Waals surface area contributed by atoms with Gasteiger partial charge < -0.3 is 5.11 Å². The minimum atomic E-state index is -4.03. The molecule has 3 aromatic rings. The fraction of sp³-hybridized carbons (Fsp3) is 0.0952. The van der Waals surface area contributed by atoms with E-state index in [0.717, 1.165) is 11.1 Å². The standard InChI is InChI=1S/C14H12O2.C7H8O3S/c15-14(16)13(11-7-3-1-4-8-11)12-9-5-2-6-10-12;1-6-4-2-3-5-7(6)11(8,9)10/h1-10,13H,(H,15,16);2-5H,1H3,(H,8,9,10). The van der Waals surface area contributed by atoms with E-state index < -0.39 is 22.0 Å². The predicted molar refractivity (Wildman–Crippen MR) is 103 cm³/mol. The van der Waals surface area contributed by atoms with Crippen LogP contribution in [0.25, 0.3) is 0 Å². The molecule has 140 valence electrons. The van der Waals surface area contributed by atoms with E-state index in [-0.39, 0.29) is 4.90 Å². The van der Waals surface area contributed by atoms with Crippen molar-refractivity contribution >= 4 is 16.1 Å². The Kier molecular flexibility index (Phi) is 6.87. The van der Waals surface area contributed by atoms with Crippen molar-refractivity contribution in [2.45, 2.75) is 17.7 Å². The number of carbonyl (C=O) groups is 1. The monoisotopic (exact) mass is 384 g/mol. The molecule has 0 radical (unpaired) electrons. The Morgan fingerprint density at radius 2 is 1.19 bits per heavy atom. The normalized spacial score (nSPS) is 10.8. The van der Waals surface area contributed by atoms with Gasteiger partial charge in [0.2, 0.25) is 0 Å². The summed E-state index contributed by atoms with van der Waals surface area (Å²) in [7, 11) is -4.03. The van der Waals surface area contributed by atoms with Crippen LogP contribution in [-0.4, -0.2) is 24.0 Å². The minimum absolute atomic E-state index is 0.0278. The summed E-state index contributed by atoms with van der Waals surface area (Å²) < 4.78 is 29.9. The molecule has 0 aliphatic carbocycles. The highest BCUT2D eigenvalue weighted by Gasteiger charge is 2.21. The highest BCUT2D eigenvalue weighted by molar-refractivity contribution is 7.85. The lowest BCUT2D eigenvalue weighted by atomic mass is 9.92. The summed E-state index contributed by atoms with van der Waals surface area (Å²) in [6.45, 7) is 1.63. The predicted octanol–water partition coefficient (Wildman–Crippen LogP) is 4.14. The van der Waals surface area contributed by atoms with Crippen LogP contribution in [0.3, 0.4) is 0 Å². The fourth-order valence-corrected chi connectivity index (χ4v) is 3.34. The second kappa shape index (κ2) is 9.12. The zero-order chi connectivity index (χ0) is 19.9. The first kappa shape index (κ1) is 20.4. The van der Waals surface area contributed by atoms with Gasteiger partial charge in [-0.25, -0.2) is 0 Å². The molecule has 3 rings (SSSR count). The Balaban J connectivity index is 0.000000208. The highest BCUT2D eigenvalue weighted by atomic mass is 32.2. The third-order valence-corrected chi connectivity index (χ3v) is 4.90. The largest absolute Gasteiger partial charge is 0.481 e. The van der Waals surface area contributed by atoms with E-state index in [2.05, 4.69) is 0 Å². The van der Waals surface area contributed by atoms with E-state index in [1.807, 2.05) is 60.7 Å². The van der Waals surface area contributed by atoms with Gasteiger partial charge in [-0.1, -0.05) is 78.9 Å². The Labute approximate surface area is 158 Å². The molecule has 0 heterocycles. The summed E-state index contributed by atoms with van der Waals surface area (Å²) in [6.07, 6.45) is 0. The molecule has 0 amide bonds. The molecule has 0 saturated heterocycles. The molecule has 0 fully saturated rings. The molecule has 0 spiro atoms. The van der Waals surface area contributed by atoms with Crippen molar-refractivity contribution in [2.75, 3.05) is 0 Å². The van der Waals surface area contributed by atoms with Crippen molar-refractivity contribution in [1.82, 2.24) is 0 Å². The van der Waals surface area contributed by atoms with Crippen molar-refractivity contribution < 1.29 is 22.9 Å². The number of carboxylic acids is 1. The fourth-order valence-electron chi connectivity index (χ4n) is 2.61. The molecule has 6 heteroatoms. The zero-order valence-corrected chi connectivity index (χ0v) is 15.5. The first-order valence-corrected chi connectivity index (χ1v) is 9.60. The Hall–Kier alpha value is -2.96. The van der Waals surface area contributed by atoms with Crippen molar-refractivity contribution in [3.8, 4) is 0 Å². The van der Waals surface area contributed by atoms with E-state index in [1.165, 1.54) is 6.07 Å². The summed E-state index contributed by atoms with van der Waals surface area (Å²) in [4.78, 5) is 11.3. The van der Waals surface area contributed by atoms with Gasteiger partial charge in [0.05, 0.1) is 4.90 Å². The number of rotatable bonds is 4. The van der Waals surface area contributed by atoms with Gasteiger partial charge in [-0.05, 0) is 29.7 Å². The SMILES string of the molecule is Cc1ccccc1S(=O)(=O)O.O=C(O)C(c1ccccc1)c1ccccc1. The van der Waals surface area contributed by atoms with E-state index in [0.29, 0.717) is 5.56 Å². The number of benzene rings is 3. The molecule has 3 aromatic carbocycles. The summed E-state index contributed by atoms with van der Waals surface area (Å²) in [5.41, 5.74) is 2.16. The number of aryl methyl sites for hydroxylation is 1. The first-order chi connectivity index (χ1) is 12.8. The van der Waals surface area contributed by atoms with E-state index in [1.54, 1.807) is 25.1 Å². The molecule has 5 nitrogen and oxygen atoms in total. The maximum atomic E-state index is 11.3. The molecule has 0 unspecified atom stereocenters. The van der Waals surface area contributed by atoms with E-state index in [4.69, 9.17) is 4.55 Å². The third kappa shape index (κ3) is 5.77. The van der Waals surface area contributed by atoms with Gasteiger partial charge in [-0.15, -0.1) is 0 Å². The number of aliphatic carboxylic acids is 1. The van der Waals surface area contributed by atoms with Gasteiger partial charge in [0.1, 0.15) is 5.92 Å². The lowest BCUT2D eigenvalue weighted by Crippen LogP contribution is -2.12. The minimum Gasteiger partial charge on any atom is -0.481 e. The third-order valence-electron chi connectivity index (χ3n) is 3.88. The average Bonchev–Trinajstić information content (AvgIpc) is 2.63. The van der Waals surface area contributed by atoms with Crippen LogP contribution in [0.1, 0.15) is 22.6 Å². The maximum absolute atomic E-state index is 11.3. The first-order valence-electron chi connectivity index (χ1n) is 8.16. The van der Waals surface area contributed by atoms with Crippen molar-refractivity contribution in [2.24, 2.45) is 0 Å². The molecule has 0 aromatic heterocycles. The Morgan fingerprint density at radius 3 is 1.52 bits per heavy atom. The van der Waals surface area contributed by atoms with Gasteiger partial charge in [-0.2, -0.15) is 8.42 Å². The lowest BCUT2D eigenvalue weighted by molar-refractivity contribution is -0.137. The van der Waals surface area contributed by atoms with Crippen LogP contribution in [0.4, 0.5) is 0 Å². The van der Waals surface area contributed by atoms with Crippen LogP contribution in [-0.2, 0) is 14.9 Å². The molecule has 0 aliphatic heterocycles. The van der Waals surface area contributed by atoms with E-state index >= 15 is 0 Å². The van der Waals surface area contributed by atoms with E-state index in [9.17, 15) is 18.3 Å². The van der Waals surface area contributed by atoms with Gasteiger partial charge in [-0.3, -0.25) is 9.35 Å². The quantitative estimate of drug-likeness (QED) is 0.660. The van der Waals surface area contributed by atoms with Crippen LogP contribution in [0.2, 0.25) is 0 Å². The summed E-state index contributed by atoms with van der Waals surface area (Å²) in [5.74, 6) is -1.40. The molecular weight excluding hydrogens is 364 g/mol. The molecular formula is C21H20O5S. The average molecular weight is 384 g/mol. The van der Waals surface area contributed by atoms with Crippen molar-refractivity contribution in [3.05, 3.63) is 102 Å². The van der Waals surface area contributed by atoms with Crippen LogP contribution < -0.4 is 0 Å². The highest BCUT2D eigenvalue weighted by Crippen LogP contribution is 2.24. The van der Waals surface area contributed by atoms with Gasteiger partial charge in [0, 0.05) is 0 Å². The Morgan fingerprint density at radius 1 is 0.778 bits per heavy atom. The smallest absolute Gasteiger partial charge is 0.315 e. The van der Waals surface area contributed by atoms with Gasteiger partial charge >= 0.3 is 5.97 Å². The lowest BCUT2D eigenvalue weighted by Gasteiger charge is -2.12. The topological polar surface area (TPSA) is 91.7 Å². The number of hydrogen-bond donors (Lipinski definition) is 2. The summed E-state index contributed by atoms with van der Waals surface area (Å²) in [5, 5.41) is 9.28. The summed E-state index contributed by atoms with van der Waals surface area (Å²) in [6, 6.07) is 24.8. The van der Waals surface area contributed by atoms with Crippen LogP contribution in [0.5, 0.6) is 0 Å². The molecule has 0 aliphatic rings. The second-order valence-corrected chi connectivity index (χ2v) is 7.22. The number of carboxylic acid groups (broad SMARTS) is 1. The van der Waals surface area contributed by atoms with Crippen LogP contribution in [0.15, 0.2) is 89.8 Å². The molecule has 0 bridgehead atoms. The summed E-state index contributed by atoms with van der Waals surface area (Å²) >= 11 is 0. The maximum Gasteiger partial charge on any atom is 0.315 e. The van der Waals surface area contributed by atoms with Gasteiger partial charge in [0.15, 0.2) is 0 Å². The number of hydrogen-bond acceptors (Lipinski definition) is 3. The molecule has 0 atom stereocenters. The zero-order valence-electron chi connectivity index (χ0n) is 14.7. The van der Waals surface area contributed by atoms with Gasteiger partial charge in [0.25, 0.3) is 10.1 Å². The Bertz CT molecular complexity index is 944. The van der Waals surface area contributed by atoms with Crippen molar-refractivity contribution in [1.29, 1.82) is 0 Å². The second-order valence-electron chi connectivity index (χ2n) is 5.83. The van der Waals surface area contributed by atoms with Crippen LogP contribution in [0, 0.1) is 6.92 Å².